The highest BCUT2D eigenvalue weighted by atomic mass is 16.5. The fourth-order valence-electron chi connectivity index (χ4n) is 3.93. The van der Waals surface area contributed by atoms with Crippen LogP contribution in [0.15, 0.2) is 48.5 Å². The number of hydrogen-bond acceptors (Lipinski definition) is 5. The van der Waals surface area contributed by atoms with Crippen molar-refractivity contribution in [3.8, 4) is 5.75 Å². The molecule has 2 aromatic carbocycles. The quantitative estimate of drug-likeness (QED) is 0.689. The second kappa shape index (κ2) is 8.59. The van der Waals surface area contributed by atoms with E-state index in [9.17, 15) is 19.2 Å². The van der Waals surface area contributed by atoms with Crippen molar-refractivity contribution in [2.75, 3.05) is 31.6 Å². The molecule has 2 aromatic rings. The summed E-state index contributed by atoms with van der Waals surface area (Å²) in [5, 5.41) is 2.82. The third-order valence-electron chi connectivity index (χ3n) is 5.62. The van der Waals surface area contributed by atoms with Crippen molar-refractivity contribution in [1.29, 1.82) is 0 Å². The van der Waals surface area contributed by atoms with Crippen LogP contribution in [0.4, 0.5) is 5.69 Å². The maximum atomic E-state index is 12.4. The van der Waals surface area contributed by atoms with Gasteiger partial charge in [0, 0.05) is 44.1 Å². The molecule has 2 heterocycles. The Hall–Kier alpha value is -3.68. The first-order valence-electron chi connectivity index (χ1n) is 10.1. The van der Waals surface area contributed by atoms with Gasteiger partial charge in [-0.1, -0.05) is 12.1 Å². The Morgan fingerprint density at radius 3 is 2.29 bits per heavy atom. The van der Waals surface area contributed by atoms with Crippen LogP contribution >= 0.6 is 0 Å². The average molecular weight is 421 g/mol. The first-order valence-corrected chi connectivity index (χ1v) is 10.1. The van der Waals surface area contributed by atoms with E-state index >= 15 is 0 Å². The normalized spacial score (nSPS) is 17.8. The number of amides is 4. The van der Waals surface area contributed by atoms with Crippen molar-refractivity contribution in [1.82, 2.24) is 10.2 Å². The molecule has 0 aliphatic carbocycles. The second-order valence-corrected chi connectivity index (χ2v) is 7.63. The van der Waals surface area contributed by atoms with Crippen LogP contribution in [0.25, 0.3) is 0 Å². The summed E-state index contributed by atoms with van der Waals surface area (Å²) in [5.74, 6) is -0.271. The summed E-state index contributed by atoms with van der Waals surface area (Å²) in [6.07, 6.45) is 0.374. The number of nitrogens with one attached hydrogen (secondary N) is 1. The largest absolute Gasteiger partial charge is 0.497 e. The van der Waals surface area contributed by atoms with E-state index in [1.165, 1.54) is 0 Å². The minimum absolute atomic E-state index is 0.00198. The van der Waals surface area contributed by atoms with Crippen molar-refractivity contribution < 1.29 is 23.9 Å². The fourth-order valence-corrected chi connectivity index (χ4v) is 3.93. The van der Waals surface area contributed by atoms with Gasteiger partial charge in [-0.25, -0.2) is 0 Å². The standard InChI is InChI=1S/C23H23N3O5/c1-31-17-8-6-16(7-9-17)26-14-15(12-21(26)28)13-24-20(27)10-11-25-22(29)18-4-2-3-5-19(18)23(25)30/h2-9,15H,10-14H2,1H3,(H,24,27). The van der Waals surface area contributed by atoms with Gasteiger partial charge in [0.15, 0.2) is 0 Å². The van der Waals surface area contributed by atoms with Crippen molar-refractivity contribution in [2.45, 2.75) is 12.8 Å². The Bertz CT molecular complexity index is 999. The summed E-state index contributed by atoms with van der Waals surface area (Å²) in [6, 6.07) is 13.9. The molecule has 0 bridgehead atoms. The van der Waals surface area contributed by atoms with Crippen molar-refractivity contribution in [2.24, 2.45) is 5.92 Å². The molecule has 0 aromatic heterocycles. The highest BCUT2D eigenvalue weighted by molar-refractivity contribution is 6.21. The molecule has 31 heavy (non-hydrogen) atoms. The number of methoxy groups -OCH3 is 1. The van der Waals surface area contributed by atoms with Crippen LogP contribution < -0.4 is 15.0 Å². The molecule has 1 saturated heterocycles. The monoisotopic (exact) mass is 421 g/mol. The molecular weight excluding hydrogens is 398 g/mol. The number of rotatable bonds is 7. The van der Waals surface area contributed by atoms with E-state index in [0.29, 0.717) is 30.6 Å². The lowest BCUT2D eigenvalue weighted by molar-refractivity contribution is -0.121. The predicted molar refractivity (Wildman–Crippen MR) is 113 cm³/mol. The van der Waals surface area contributed by atoms with Crippen LogP contribution in [0.2, 0.25) is 0 Å². The molecule has 8 nitrogen and oxygen atoms in total. The number of imide groups is 1. The van der Waals surface area contributed by atoms with Gasteiger partial charge >= 0.3 is 0 Å². The molecule has 2 aliphatic heterocycles. The average Bonchev–Trinajstić information content (AvgIpc) is 3.28. The zero-order chi connectivity index (χ0) is 22.0. The first kappa shape index (κ1) is 20.6. The molecule has 4 amide bonds. The van der Waals surface area contributed by atoms with Gasteiger partial charge in [-0.05, 0) is 36.4 Å². The summed E-state index contributed by atoms with van der Waals surface area (Å²) in [6.45, 7) is 0.906. The van der Waals surface area contributed by atoms with Gasteiger partial charge in [0.05, 0.1) is 18.2 Å². The predicted octanol–water partition coefficient (Wildman–Crippen LogP) is 1.85. The van der Waals surface area contributed by atoms with Crippen LogP contribution in [0.3, 0.4) is 0 Å². The Morgan fingerprint density at radius 2 is 1.68 bits per heavy atom. The highest BCUT2D eigenvalue weighted by Gasteiger charge is 2.35. The fraction of sp³-hybridized carbons (Fsp3) is 0.304. The smallest absolute Gasteiger partial charge is 0.261 e. The van der Waals surface area contributed by atoms with Crippen LogP contribution in [0.1, 0.15) is 33.6 Å². The van der Waals surface area contributed by atoms with Crippen LogP contribution in [0.5, 0.6) is 5.75 Å². The van der Waals surface area contributed by atoms with E-state index in [1.54, 1.807) is 48.4 Å². The Balaban J connectivity index is 1.25. The number of nitrogens with zero attached hydrogens (tertiary/aromatic N) is 2. The molecule has 1 N–H and O–H groups in total. The molecule has 0 radical (unpaired) electrons. The third kappa shape index (κ3) is 4.14. The maximum Gasteiger partial charge on any atom is 0.261 e. The third-order valence-corrected chi connectivity index (χ3v) is 5.62. The van der Waals surface area contributed by atoms with E-state index in [0.717, 1.165) is 16.3 Å². The van der Waals surface area contributed by atoms with Gasteiger partial charge < -0.3 is 15.0 Å². The summed E-state index contributed by atoms with van der Waals surface area (Å²) >= 11 is 0. The minimum Gasteiger partial charge on any atom is -0.497 e. The molecule has 0 spiro atoms. The Kier molecular flexibility index (Phi) is 5.70. The van der Waals surface area contributed by atoms with Crippen LogP contribution in [-0.4, -0.2) is 55.3 Å². The maximum absolute atomic E-state index is 12.4. The van der Waals surface area contributed by atoms with Gasteiger partial charge in [0.25, 0.3) is 11.8 Å². The van der Waals surface area contributed by atoms with Gasteiger partial charge in [0.2, 0.25) is 11.8 Å². The van der Waals surface area contributed by atoms with E-state index in [4.69, 9.17) is 4.74 Å². The van der Waals surface area contributed by atoms with E-state index < -0.39 is 0 Å². The molecule has 1 atom stereocenters. The highest BCUT2D eigenvalue weighted by Crippen LogP contribution is 2.26. The molecule has 8 heteroatoms. The number of carbonyl (C=O) groups excluding carboxylic acids is 4. The zero-order valence-corrected chi connectivity index (χ0v) is 17.2. The van der Waals surface area contributed by atoms with Crippen LogP contribution in [0, 0.1) is 5.92 Å². The molecule has 1 unspecified atom stereocenters. The van der Waals surface area contributed by atoms with E-state index in [-0.39, 0.29) is 42.5 Å². The number of carbonyl (C=O) groups is 4. The number of ether oxygens (including phenoxy) is 1. The lowest BCUT2D eigenvalue weighted by atomic mass is 10.1. The Labute approximate surface area is 179 Å². The molecule has 2 aliphatic rings. The molecule has 160 valence electrons. The number of hydrogen-bond donors (Lipinski definition) is 1. The van der Waals surface area contributed by atoms with Crippen molar-refractivity contribution >= 4 is 29.3 Å². The number of anilines is 1. The summed E-state index contributed by atoms with van der Waals surface area (Å²) in [5.41, 5.74) is 1.54. The summed E-state index contributed by atoms with van der Waals surface area (Å²) < 4.78 is 5.14. The molecule has 1 fully saturated rings. The summed E-state index contributed by atoms with van der Waals surface area (Å²) in [4.78, 5) is 52.2. The van der Waals surface area contributed by atoms with Gasteiger partial charge in [0.1, 0.15) is 5.75 Å². The van der Waals surface area contributed by atoms with Crippen LogP contribution in [-0.2, 0) is 9.59 Å². The Morgan fingerprint density at radius 1 is 1.03 bits per heavy atom. The molecule has 0 saturated carbocycles. The number of benzene rings is 2. The number of fused-ring (bicyclic) bond motifs is 1. The van der Waals surface area contributed by atoms with Crippen molar-refractivity contribution in [3.05, 3.63) is 59.7 Å². The SMILES string of the molecule is COc1ccc(N2CC(CNC(=O)CCN3C(=O)c4ccccc4C3=O)CC2=O)cc1. The molecular formula is C23H23N3O5. The summed E-state index contributed by atoms with van der Waals surface area (Å²) in [7, 11) is 1.59. The first-order chi connectivity index (χ1) is 15.0. The van der Waals surface area contributed by atoms with E-state index in [1.807, 2.05) is 12.1 Å². The van der Waals surface area contributed by atoms with E-state index in [2.05, 4.69) is 5.32 Å². The lowest BCUT2D eigenvalue weighted by Crippen LogP contribution is -2.36. The lowest BCUT2D eigenvalue weighted by Gasteiger charge is -2.17. The van der Waals surface area contributed by atoms with Crippen molar-refractivity contribution in [3.63, 3.8) is 0 Å². The van der Waals surface area contributed by atoms with Gasteiger partial charge in [-0.2, -0.15) is 0 Å². The topological polar surface area (TPSA) is 96.0 Å². The van der Waals surface area contributed by atoms with Gasteiger partial charge in [-0.3, -0.25) is 24.1 Å². The zero-order valence-electron chi connectivity index (χ0n) is 17.2. The van der Waals surface area contributed by atoms with Gasteiger partial charge in [-0.15, -0.1) is 0 Å². The molecule has 4 rings (SSSR count). The second-order valence-electron chi connectivity index (χ2n) is 7.63. The minimum atomic E-state index is -0.370.